The summed E-state index contributed by atoms with van der Waals surface area (Å²) in [6.07, 6.45) is 0. The molecule has 0 saturated carbocycles. The molecule has 0 N–H and O–H groups in total. The maximum atomic E-state index is 6.59. The molecule has 17 rings (SSSR count). The number of thiophene rings is 2. The SMILES string of the molecule is c1ccc(-c2ccc3oc4ccc(-c5cc6c(s5)C5(c7ccccc7Sc7ccccc75)c5cc(-c7ccc8oc9ccc(-c%10ccccc%10)cc9c8c7)sc5C65c6ccccc6Sc6ccccc65)cc4c3c2)cc1. The molecular formula is C70H40O2S4. The minimum atomic E-state index is -0.644. The van der Waals surface area contributed by atoms with Crippen LogP contribution in [0.2, 0.25) is 0 Å². The van der Waals surface area contributed by atoms with Crippen LogP contribution in [0.1, 0.15) is 43.1 Å². The van der Waals surface area contributed by atoms with Crippen molar-refractivity contribution >= 4 is 90.1 Å². The zero-order valence-electron chi connectivity index (χ0n) is 40.5. The van der Waals surface area contributed by atoms with E-state index in [1.807, 2.05) is 46.2 Å². The Bertz CT molecular complexity index is 4290. The normalized spacial score (nSPS) is 14.4. The molecule has 2 spiro atoms. The number of furan rings is 2. The fraction of sp³-hybridized carbons (Fsp3) is 0.0286. The van der Waals surface area contributed by atoms with Gasteiger partial charge < -0.3 is 8.83 Å². The van der Waals surface area contributed by atoms with Gasteiger partial charge in [0.2, 0.25) is 0 Å². The first kappa shape index (κ1) is 43.2. The fourth-order valence-electron chi connectivity index (χ4n) is 13.0. The summed E-state index contributed by atoms with van der Waals surface area (Å²) in [5, 5.41) is 4.50. The van der Waals surface area contributed by atoms with Crippen LogP contribution in [0.15, 0.2) is 271 Å². The maximum Gasteiger partial charge on any atom is 0.135 e. The van der Waals surface area contributed by atoms with E-state index in [0.29, 0.717) is 0 Å². The quantitative estimate of drug-likeness (QED) is 0.175. The molecule has 0 bridgehead atoms. The molecule has 0 unspecified atom stereocenters. The summed E-state index contributed by atoms with van der Waals surface area (Å²) in [4.78, 5) is 10.4. The second kappa shape index (κ2) is 16.2. The van der Waals surface area contributed by atoms with Crippen molar-refractivity contribution in [1.29, 1.82) is 0 Å². The molecule has 2 nitrogen and oxygen atoms in total. The number of fused-ring (bicyclic) bond motifs is 20. The van der Waals surface area contributed by atoms with Crippen LogP contribution in [0, 0.1) is 0 Å². The van der Waals surface area contributed by atoms with E-state index in [1.165, 1.54) is 106 Å². The molecule has 3 aliphatic rings. The van der Waals surface area contributed by atoms with Gasteiger partial charge in [-0.2, -0.15) is 0 Å². The number of rotatable bonds is 4. The average molecular weight is 1040 g/mol. The Balaban J connectivity index is 0.969. The molecule has 6 heterocycles. The van der Waals surface area contributed by atoms with E-state index in [-0.39, 0.29) is 0 Å². The fourth-order valence-corrected chi connectivity index (χ4v) is 18.2. The van der Waals surface area contributed by atoms with E-state index in [4.69, 9.17) is 8.83 Å². The lowest BCUT2D eigenvalue weighted by atomic mass is 9.55. The molecule has 6 heteroatoms. The molecule has 14 aromatic rings. The number of hydrogen-bond acceptors (Lipinski definition) is 6. The third kappa shape index (κ3) is 5.95. The van der Waals surface area contributed by atoms with Gasteiger partial charge >= 0.3 is 0 Å². The van der Waals surface area contributed by atoms with E-state index in [2.05, 4.69) is 243 Å². The largest absolute Gasteiger partial charge is 0.456 e. The standard InChI is InChI=1S/C70H40O2S4/c1-3-15-41(16-4-1)43-27-31-57-47(35-43)49-37-45(29-33-59(49)71-57)65-39-55-67(75-65)70(53-21-9-13-25-63(53)74-64-26-14-10-22-54(64)70)56-40-66(76-68(56)69(55)51-19-7-11-23-61(51)73-62-24-12-8-20-52(62)69)46-30-34-60-50(38-46)48-36-44(28-32-58(48)72-60)42-17-5-2-6-18-42/h1-40H. The second-order valence-electron chi connectivity index (χ2n) is 20.2. The zero-order chi connectivity index (χ0) is 49.7. The van der Waals surface area contributed by atoms with Crippen LogP contribution >= 0.6 is 46.2 Å². The van der Waals surface area contributed by atoms with Crippen LogP contribution in [0.5, 0.6) is 0 Å². The highest BCUT2D eigenvalue weighted by molar-refractivity contribution is 7.99. The Morgan fingerprint density at radius 3 is 0.908 bits per heavy atom. The molecule has 1 aliphatic carbocycles. The summed E-state index contributed by atoms with van der Waals surface area (Å²) in [6, 6.07) is 90.3. The van der Waals surface area contributed by atoms with Gasteiger partial charge in [0.05, 0.1) is 10.8 Å². The molecule has 0 saturated heterocycles. The Morgan fingerprint density at radius 1 is 0.250 bits per heavy atom. The van der Waals surface area contributed by atoms with Crippen molar-refractivity contribution in [2.75, 3.05) is 0 Å². The highest BCUT2D eigenvalue weighted by Crippen LogP contribution is 2.70. The lowest BCUT2D eigenvalue weighted by molar-refractivity contribution is 0.609. The number of benzene rings is 10. The third-order valence-electron chi connectivity index (χ3n) is 16.3. The Morgan fingerprint density at radius 2 is 0.553 bits per heavy atom. The molecule has 356 valence electrons. The Labute approximate surface area is 454 Å². The molecule has 0 atom stereocenters. The summed E-state index contributed by atoms with van der Waals surface area (Å²) in [5.74, 6) is 0. The van der Waals surface area contributed by atoms with Crippen LogP contribution in [-0.2, 0) is 10.8 Å². The topological polar surface area (TPSA) is 26.3 Å². The molecule has 0 radical (unpaired) electrons. The monoisotopic (exact) mass is 1040 g/mol. The molecule has 0 amide bonds. The lowest BCUT2D eigenvalue weighted by Crippen LogP contribution is -2.45. The van der Waals surface area contributed by atoms with E-state index in [9.17, 15) is 0 Å². The van der Waals surface area contributed by atoms with Gasteiger partial charge in [-0.25, -0.2) is 0 Å². The summed E-state index contributed by atoms with van der Waals surface area (Å²) < 4.78 is 13.2. The first-order chi connectivity index (χ1) is 37.6. The Kier molecular flexibility index (Phi) is 9.20. The molecule has 10 aromatic carbocycles. The van der Waals surface area contributed by atoms with Crippen molar-refractivity contribution in [2.24, 2.45) is 0 Å². The maximum absolute atomic E-state index is 6.59. The lowest BCUT2D eigenvalue weighted by Gasteiger charge is -2.51. The van der Waals surface area contributed by atoms with Gasteiger partial charge in [-0.15, -0.1) is 22.7 Å². The van der Waals surface area contributed by atoms with Crippen molar-refractivity contribution < 1.29 is 8.83 Å². The minimum Gasteiger partial charge on any atom is -0.456 e. The predicted molar refractivity (Wildman–Crippen MR) is 317 cm³/mol. The van der Waals surface area contributed by atoms with Crippen molar-refractivity contribution in [2.45, 2.75) is 30.4 Å². The van der Waals surface area contributed by atoms with Crippen molar-refractivity contribution in [1.82, 2.24) is 0 Å². The molecule has 4 aromatic heterocycles. The minimum absolute atomic E-state index is 0.644. The predicted octanol–water partition coefficient (Wildman–Crippen LogP) is 20.3. The zero-order valence-corrected chi connectivity index (χ0v) is 43.8. The van der Waals surface area contributed by atoms with Gasteiger partial charge in [-0.05, 0) is 164 Å². The van der Waals surface area contributed by atoms with Gasteiger partial charge in [-0.3, -0.25) is 0 Å². The van der Waals surface area contributed by atoms with Crippen molar-refractivity contribution in [3.63, 3.8) is 0 Å². The van der Waals surface area contributed by atoms with E-state index in [1.54, 1.807) is 0 Å². The van der Waals surface area contributed by atoms with E-state index < -0.39 is 10.8 Å². The van der Waals surface area contributed by atoms with Gasteiger partial charge in [0, 0.05) is 60.6 Å². The van der Waals surface area contributed by atoms with Crippen LogP contribution in [0.4, 0.5) is 0 Å². The van der Waals surface area contributed by atoms with Gasteiger partial charge in [0.15, 0.2) is 0 Å². The van der Waals surface area contributed by atoms with Crippen LogP contribution in [-0.4, -0.2) is 0 Å². The average Bonchev–Trinajstić information content (AvgIpc) is 4.34. The second-order valence-corrected chi connectivity index (χ2v) is 24.4. The van der Waals surface area contributed by atoms with Crippen LogP contribution in [0.3, 0.4) is 0 Å². The first-order valence-corrected chi connectivity index (χ1v) is 29.0. The molecule has 76 heavy (non-hydrogen) atoms. The van der Waals surface area contributed by atoms with E-state index >= 15 is 0 Å². The highest BCUT2D eigenvalue weighted by atomic mass is 32.2. The summed E-state index contributed by atoms with van der Waals surface area (Å²) in [7, 11) is 0. The third-order valence-corrected chi connectivity index (χ3v) is 21.2. The van der Waals surface area contributed by atoms with E-state index in [0.717, 1.165) is 43.9 Å². The van der Waals surface area contributed by atoms with Gasteiger partial charge in [-0.1, -0.05) is 169 Å². The summed E-state index contributed by atoms with van der Waals surface area (Å²) in [6.45, 7) is 0. The molecule has 2 aliphatic heterocycles. The molecular weight excluding hydrogens is 1000 g/mol. The number of hydrogen-bond donors (Lipinski definition) is 0. The van der Waals surface area contributed by atoms with Gasteiger partial charge in [0.25, 0.3) is 0 Å². The molecule has 0 fully saturated rings. The van der Waals surface area contributed by atoms with Crippen LogP contribution < -0.4 is 0 Å². The van der Waals surface area contributed by atoms with Crippen molar-refractivity contribution in [3.05, 3.63) is 286 Å². The summed E-state index contributed by atoms with van der Waals surface area (Å²) >= 11 is 7.74. The highest BCUT2D eigenvalue weighted by Gasteiger charge is 2.60. The van der Waals surface area contributed by atoms with Crippen LogP contribution in [0.25, 0.3) is 87.0 Å². The summed E-state index contributed by atoms with van der Waals surface area (Å²) in [5.41, 5.74) is 17.4. The Hall–Kier alpha value is -8.10. The van der Waals surface area contributed by atoms with Crippen molar-refractivity contribution in [3.8, 4) is 43.1 Å². The smallest absolute Gasteiger partial charge is 0.135 e. The first-order valence-electron chi connectivity index (χ1n) is 25.7. The van der Waals surface area contributed by atoms with Gasteiger partial charge in [0.1, 0.15) is 22.3 Å².